The first-order valence-electron chi connectivity index (χ1n) is 8.02. The van der Waals surface area contributed by atoms with Crippen molar-refractivity contribution in [1.29, 1.82) is 0 Å². The smallest absolute Gasteiger partial charge is 0.339 e. The Morgan fingerprint density at radius 3 is 2.40 bits per heavy atom. The van der Waals surface area contributed by atoms with E-state index >= 15 is 0 Å². The molecule has 0 saturated carbocycles. The number of hydrogen-bond donors (Lipinski definition) is 2. The number of hydrogen-bond acceptors (Lipinski definition) is 4. The number of nitrogens with one attached hydrogen (secondary N) is 2. The molecule has 2 N–H and O–H groups in total. The molecular weight excluding hydrogens is 320 g/mol. The van der Waals surface area contributed by atoms with E-state index in [1.54, 1.807) is 24.3 Å². The normalized spacial score (nSPS) is 11.3. The van der Waals surface area contributed by atoms with Crippen LogP contribution in [0.15, 0.2) is 48.5 Å². The molecule has 6 nitrogen and oxygen atoms in total. The van der Waals surface area contributed by atoms with Crippen LogP contribution in [0.5, 0.6) is 5.75 Å². The SMILES string of the molecule is CCOc1ccc([C@@H](C)NC(=O)Nc2ccccc2C(=O)OC)cc1. The van der Waals surface area contributed by atoms with E-state index in [0.717, 1.165) is 11.3 Å². The largest absolute Gasteiger partial charge is 0.494 e. The van der Waals surface area contributed by atoms with Crippen molar-refractivity contribution in [2.24, 2.45) is 0 Å². The Kier molecular flexibility index (Phi) is 6.39. The van der Waals surface area contributed by atoms with Gasteiger partial charge in [0.25, 0.3) is 0 Å². The van der Waals surface area contributed by atoms with E-state index in [9.17, 15) is 9.59 Å². The fourth-order valence-electron chi connectivity index (χ4n) is 2.34. The third kappa shape index (κ3) is 4.97. The first-order valence-corrected chi connectivity index (χ1v) is 8.02. The second-order valence-electron chi connectivity index (χ2n) is 5.36. The summed E-state index contributed by atoms with van der Waals surface area (Å²) in [5, 5.41) is 5.52. The number of rotatable bonds is 6. The number of carbonyl (C=O) groups is 2. The number of methoxy groups -OCH3 is 1. The van der Waals surface area contributed by atoms with Gasteiger partial charge in [-0.1, -0.05) is 24.3 Å². The van der Waals surface area contributed by atoms with Crippen molar-refractivity contribution in [3.05, 3.63) is 59.7 Å². The third-order valence-electron chi connectivity index (χ3n) is 3.62. The summed E-state index contributed by atoms with van der Waals surface area (Å²) >= 11 is 0. The van der Waals surface area contributed by atoms with Crippen molar-refractivity contribution in [3.8, 4) is 5.75 Å². The Balaban J connectivity index is 2.01. The predicted octanol–water partition coefficient (Wildman–Crippen LogP) is 3.75. The van der Waals surface area contributed by atoms with Crippen molar-refractivity contribution in [2.75, 3.05) is 19.0 Å². The van der Waals surface area contributed by atoms with Gasteiger partial charge in [0.1, 0.15) is 5.75 Å². The minimum Gasteiger partial charge on any atom is -0.494 e. The summed E-state index contributed by atoms with van der Waals surface area (Å²) in [7, 11) is 1.30. The number of amides is 2. The number of carbonyl (C=O) groups excluding carboxylic acids is 2. The van der Waals surface area contributed by atoms with Gasteiger partial charge in [0.05, 0.1) is 31.0 Å². The van der Waals surface area contributed by atoms with Gasteiger partial charge < -0.3 is 20.1 Å². The van der Waals surface area contributed by atoms with Crippen molar-refractivity contribution in [1.82, 2.24) is 5.32 Å². The van der Waals surface area contributed by atoms with E-state index < -0.39 is 12.0 Å². The van der Waals surface area contributed by atoms with E-state index in [1.165, 1.54) is 7.11 Å². The van der Waals surface area contributed by atoms with Gasteiger partial charge >= 0.3 is 12.0 Å². The second kappa shape index (κ2) is 8.73. The highest BCUT2D eigenvalue weighted by Crippen LogP contribution is 2.19. The lowest BCUT2D eigenvalue weighted by molar-refractivity contribution is 0.0602. The van der Waals surface area contributed by atoms with Crippen molar-refractivity contribution < 1.29 is 19.1 Å². The summed E-state index contributed by atoms with van der Waals surface area (Å²) < 4.78 is 10.1. The maximum absolute atomic E-state index is 12.2. The Morgan fingerprint density at radius 2 is 1.76 bits per heavy atom. The molecule has 0 fully saturated rings. The fourth-order valence-corrected chi connectivity index (χ4v) is 2.34. The van der Waals surface area contributed by atoms with Crippen LogP contribution in [-0.4, -0.2) is 25.7 Å². The molecule has 0 bridgehead atoms. The van der Waals surface area contributed by atoms with E-state index in [4.69, 9.17) is 9.47 Å². The Labute approximate surface area is 147 Å². The molecule has 2 rings (SSSR count). The number of esters is 1. The van der Waals surface area contributed by atoms with Gasteiger partial charge in [0.2, 0.25) is 0 Å². The molecule has 0 aliphatic heterocycles. The van der Waals surface area contributed by atoms with Crippen LogP contribution in [0.3, 0.4) is 0 Å². The van der Waals surface area contributed by atoms with Gasteiger partial charge in [0.15, 0.2) is 0 Å². The zero-order valence-corrected chi connectivity index (χ0v) is 14.5. The van der Waals surface area contributed by atoms with Crippen LogP contribution in [0.25, 0.3) is 0 Å². The molecule has 0 radical (unpaired) electrons. The zero-order valence-electron chi connectivity index (χ0n) is 14.5. The molecule has 25 heavy (non-hydrogen) atoms. The van der Waals surface area contributed by atoms with Crippen LogP contribution in [0, 0.1) is 0 Å². The maximum atomic E-state index is 12.2. The summed E-state index contributed by atoms with van der Waals surface area (Å²) in [6, 6.07) is 13.6. The number of anilines is 1. The molecule has 0 aromatic heterocycles. The maximum Gasteiger partial charge on any atom is 0.339 e. The molecule has 2 amide bonds. The van der Waals surface area contributed by atoms with Crippen LogP contribution in [0.4, 0.5) is 10.5 Å². The summed E-state index contributed by atoms with van der Waals surface area (Å²) in [6.45, 7) is 4.41. The molecular formula is C19H22N2O4. The molecule has 6 heteroatoms. The van der Waals surface area contributed by atoms with E-state index in [1.807, 2.05) is 38.1 Å². The van der Waals surface area contributed by atoms with Crippen LogP contribution in [0.1, 0.15) is 35.8 Å². The number of urea groups is 1. The quantitative estimate of drug-likeness (QED) is 0.784. The standard InChI is InChI=1S/C19H22N2O4/c1-4-25-15-11-9-14(10-12-15)13(2)20-19(23)21-17-8-6-5-7-16(17)18(22)24-3/h5-13H,4H2,1-3H3,(H2,20,21,23)/t13-/m1/s1. The fraction of sp³-hybridized carbons (Fsp3) is 0.263. The average Bonchev–Trinajstić information content (AvgIpc) is 2.62. The van der Waals surface area contributed by atoms with Crippen LogP contribution in [0.2, 0.25) is 0 Å². The van der Waals surface area contributed by atoms with Gasteiger partial charge in [-0.15, -0.1) is 0 Å². The van der Waals surface area contributed by atoms with Crippen molar-refractivity contribution in [2.45, 2.75) is 19.9 Å². The molecule has 132 valence electrons. The van der Waals surface area contributed by atoms with E-state index in [0.29, 0.717) is 17.9 Å². The highest BCUT2D eigenvalue weighted by Gasteiger charge is 2.15. The molecule has 0 saturated heterocycles. The molecule has 0 heterocycles. The predicted molar refractivity (Wildman–Crippen MR) is 96.0 cm³/mol. The van der Waals surface area contributed by atoms with Crippen LogP contribution >= 0.6 is 0 Å². The van der Waals surface area contributed by atoms with Gasteiger partial charge in [-0.2, -0.15) is 0 Å². The third-order valence-corrected chi connectivity index (χ3v) is 3.62. The summed E-state index contributed by atoms with van der Waals surface area (Å²) in [6.07, 6.45) is 0. The summed E-state index contributed by atoms with van der Waals surface area (Å²) in [5.41, 5.74) is 1.64. The van der Waals surface area contributed by atoms with E-state index in [2.05, 4.69) is 10.6 Å². The monoisotopic (exact) mass is 342 g/mol. The lowest BCUT2D eigenvalue weighted by Crippen LogP contribution is -2.31. The summed E-state index contributed by atoms with van der Waals surface area (Å²) in [5.74, 6) is 0.283. The number of para-hydroxylation sites is 1. The van der Waals surface area contributed by atoms with Crippen molar-refractivity contribution in [3.63, 3.8) is 0 Å². The number of ether oxygens (including phenoxy) is 2. The van der Waals surface area contributed by atoms with Crippen LogP contribution < -0.4 is 15.4 Å². The van der Waals surface area contributed by atoms with Crippen LogP contribution in [-0.2, 0) is 4.74 Å². The highest BCUT2D eigenvalue weighted by atomic mass is 16.5. The molecule has 1 atom stereocenters. The topological polar surface area (TPSA) is 76.7 Å². The average molecular weight is 342 g/mol. The van der Waals surface area contributed by atoms with Gasteiger partial charge in [-0.05, 0) is 43.7 Å². The first-order chi connectivity index (χ1) is 12.0. The number of benzene rings is 2. The van der Waals surface area contributed by atoms with Gasteiger partial charge in [0, 0.05) is 0 Å². The van der Waals surface area contributed by atoms with E-state index in [-0.39, 0.29) is 6.04 Å². The first kappa shape index (κ1) is 18.3. The minimum atomic E-state index is -0.504. The molecule has 0 aliphatic rings. The Bertz CT molecular complexity index is 728. The molecule has 2 aromatic rings. The Hall–Kier alpha value is -3.02. The van der Waals surface area contributed by atoms with Crippen molar-refractivity contribution >= 4 is 17.7 Å². The molecule has 0 unspecified atom stereocenters. The molecule has 0 aliphatic carbocycles. The molecule has 2 aromatic carbocycles. The lowest BCUT2D eigenvalue weighted by atomic mass is 10.1. The highest BCUT2D eigenvalue weighted by molar-refractivity contribution is 6.00. The second-order valence-corrected chi connectivity index (χ2v) is 5.36. The molecule has 0 spiro atoms. The van der Waals surface area contributed by atoms with Gasteiger partial charge in [-0.3, -0.25) is 0 Å². The lowest BCUT2D eigenvalue weighted by Gasteiger charge is -2.16. The zero-order chi connectivity index (χ0) is 18.2. The summed E-state index contributed by atoms with van der Waals surface area (Å²) in [4.78, 5) is 24.0. The minimum absolute atomic E-state index is 0.207. The Morgan fingerprint density at radius 1 is 1.08 bits per heavy atom. The van der Waals surface area contributed by atoms with Gasteiger partial charge in [-0.25, -0.2) is 9.59 Å².